The van der Waals surface area contributed by atoms with Gasteiger partial charge in [0.05, 0.1) is 11.4 Å². The third kappa shape index (κ3) is 5.49. The number of aromatic nitrogens is 2. The lowest BCUT2D eigenvalue weighted by molar-refractivity contribution is -0.145. The Kier molecular flexibility index (Phi) is 7.45. The van der Waals surface area contributed by atoms with Gasteiger partial charge in [0.2, 0.25) is 5.95 Å². The molecule has 2 aliphatic rings. The molecule has 4 N–H and O–H groups in total. The second-order valence-electron chi connectivity index (χ2n) is 10.7. The fraction of sp³-hybridized carbons (Fsp3) is 0.226. The van der Waals surface area contributed by atoms with Crippen molar-refractivity contribution in [2.75, 3.05) is 29.9 Å². The van der Waals surface area contributed by atoms with Gasteiger partial charge in [-0.25, -0.2) is 18.7 Å². The Morgan fingerprint density at radius 1 is 1.00 bits per heavy atom. The standard InChI is InChI=1S/C31H27ClF2N6O3/c32-20-6-9-22-25(16-20)40(27-23(33)2-1-3-24(27)34)13-10-19-17-36-30(38-26(19)22)37-21-7-4-18(5-8-21)28(41)39-14-11-31(35,12-15-39)29(42)43/h1-9,16-17H,10-15,35H2,(H,42,43)(H,36,37,38). The van der Waals surface area contributed by atoms with Crippen LogP contribution in [0.3, 0.4) is 0 Å². The van der Waals surface area contributed by atoms with Crippen molar-refractivity contribution in [3.63, 3.8) is 0 Å². The van der Waals surface area contributed by atoms with Crippen molar-refractivity contribution in [1.29, 1.82) is 0 Å². The van der Waals surface area contributed by atoms with Gasteiger partial charge in [0.25, 0.3) is 5.91 Å². The summed E-state index contributed by atoms with van der Waals surface area (Å²) in [6.45, 7) is 0.806. The third-order valence-electron chi connectivity index (χ3n) is 7.94. The number of carboxylic acid groups (broad SMARTS) is 1. The van der Waals surface area contributed by atoms with E-state index < -0.39 is 23.1 Å². The van der Waals surface area contributed by atoms with Gasteiger partial charge in [-0.15, -0.1) is 0 Å². The highest BCUT2D eigenvalue weighted by atomic mass is 35.5. The summed E-state index contributed by atoms with van der Waals surface area (Å²) in [4.78, 5) is 36.8. The SMILES string of the molecule is NC1(C(=O)O)CCN(C(=O)c2ccc(Nc3ncc4c(n3)-c3ccc(Cl)cc3N(c3c(F)cccc3F)CC4)cc2)CC1. The molecule has 12 heteroatoms. The van der Waals surface area contributed by atoms with Crippen LogP contribution in [0.15, 0.2) is 66.9 Å². The third-order valence-corrected chi connectivity index (χ3v) is 8.17. The molecule has 1 amide bonds. The molecule has 0 atom stereocenters. The van der Waals surface area contributed by atoms with Crippen LogP contribution >= 0.6 is 11.6 Å². The molecule has 0 radical (unpaired) electrons. The van der Waals surface area contributed by atoms with E-state index in [1.54, 1.807) is 58.5 Å². The van der Waals surface area contributed by atoms with E-state index in [1.165, 1.54) is 18.2 Å². The zero-order chi connectivity index (χ0) is 30.3. The average Bonchev–Trinajstić information content (AvgIpc) is 3.14. The summed E-state index contributed by atoms with van der Waals surface area (Å²) in [5, 5.41) is 12.9. The number of piperidine rings is 1. The predicted molar refractivity (Wildman–Crippen MR) is 159 cm³/mol. The number of likely N-dealkylation sites (tertiary alicyclic amines) is 1. The highest BCUT2D eigenvalue weighted by Gasteiger charge is 2.39. The van der Waals surface area contributed by atoms with E-state index in [0.29, 0.717) is 45.6 Å². The van der Waals surface area contributed by atoms with Gasteiger partial charge in [-0.2, -0.15) is 0 Å². The number of hydrogen-bond donors (Lipinski definition) is 3. The van der Waals surface area contributed by atoms with Gasteiger partial charge < -0.3 is 26.0 Å². The molecular formula is C31H27ClF2N6O3. The van der Waals surface area contributed by atoms with E-state index in [-0.39, 0.29) is 44.1 Å². The Hall–Kier alpha value is -4.61. The highest BCUT2D eigenvalue weighted by molar-refractivity contribution is 6.31. The minimum Gasteiger partial charge on any atom is -0.480 e. The summed E-state index contributed by atoms with van der Waals surface area (Å²) >= 11 is 6.32. The molecule has 220 valence electrons. The lowest BCUT2D eigenvalue weighted by Crippen LogP contribution is -2.56. The van der Waals surface area contributed by atoms with E-state index in [4.69, 9.17) is 22.3 Å². The van der Waals surface area contributed by atoms with Crippen LogP contribution in [0.2, 0.25) is 5.02 Å². The van der Waals surface area contributed by atoms with Gasteiger partial charge in [-0.05, 0) is 79.4 Å². The van der Waals surface area contributed by atoms with Crippen molar-refractivity contribution < 1.29 is 23.5 Å². The van der Waals surface area contributed by atoms with E-state index in [2.05, 4.69) is 10.3 Å². The molecule has 6 rings (SSSR count). The van der Waals surface area contributed by atoms with Gasteiger partial charge in [0.15, 0.2) is 0 Å². The number of para-hydroxylation sites is 1. The maximum atomic E-state index is 14.8. The molecule has 43 heavy (non-hydrogen) atoms. The quantitative estimate of drug-likeness (QED) is 0.272. The molecule has 0 aliphatic carbocycles. The summed E-state index contributed by atoms with van der Waals surface area (Å²) in [5.74, 6) is -2.32. The monoisotopic (exact) mass is 604 g/mol. The Balaban J connectivity index is 1.24. The summed E-state index contributed by atoms with van der Waals surface area (Å²) in [7, 11) is 0. The average molecular weight is 605 g/mol. The first-order chi connectivity index (χ1) is 20.6. The first-order valence-electron chi connectivity index (χ1n) is 13.7. The van der Waals surface area contributed by atoms with Gasteiger partial charge in [0, 0.05) is 47.7 Å². The normalized spacial score (nSPS) is 15.7. The number of nitrogens with two attached hydrogens (primary N) is 1. The van der Waals surface area contributed by atoms with E-state index >= 15 is 0 Å². The molecule has 2 aliphatic heterocycles. The van der Waals surface area contributed by atoms with Crippen LogP contribution < -0.4 is 16.0 Å². The molecule has 1 fully saturated rings. The molecule has 0 unspecified atom stereocenters. The smallest absolute Gasteiger partial charge is 0.323 e. The van der Waals surface area contributed by atoms with Crippen LogP contribution in [-0.2, 0) is 11.2 Å². The lowest BCUT2D eigenvalue weighted by Gasteiger charge is -2.36. The minimum atomic E-state index is -1.31. The van der Waals surface area contributed by atoms with Crippen LogP contribution in [0, 0.1) is 11.6 Å². The fourth-order valence-corrected chi connectivity index (χ4v) is 5.64. The molecule has 9 nitrogen and oxygen atoms in total. The Morgan fingerprint density at radius 3 is 2.37 bits per heavy atom. The zero-order valence-corrected chi connectivity index (χ0v) is 23.6. The second kappa shape index (κ2) is 11.2. The van der Waals surface area contributed by atoms with E-state index in [1.807, 2.05) is 0 Å². The summed E-state index contributed by atoms with van der Waals surface area (Å²) < 4.78 is 29.7. The number of amides is 1. The number of carbonyl (C=O) groups is 2. The molecular weight excluding hydrogens is 578 g/mol. The van der Waals surface area contributed by atoms with Crippen LogP contribution in [0.25, 0.3) is 11.3 Å². The maximum absolute atomic E-state index is 14.8. The van der Waals surface area contributed by atoms with Gasteiger partial charge >= 0.3 is 5.97 Å². The molecule has 3 aromatic carbocycles. The minimum absolute atomic E-state index is 0.159. The van der Waals surface area contributed by atoms with Crippen molar-refractivity contribution in [2.45, 2.75) is 24.8 Å². The van der Waals surface area contributed by atoms with E-state index in [9.17, 15) is 23.5 Å². The number of hydrogen-bond acceptors (Lipinski definition) is 7. The van der Waals surface area contributed by atoms with Crippen molar-refractivity contribution in [3.8, 4) is 11.3 Å². The predicted octanol–water partition coefficient (Wildman–Crippen LogP) is 5.53. The van der Waals surface area contributed by atoms with Gasteiger partial charge in [-0.1, -0.05) is 17.7 Å². The number of benzene rings is 3. The molecule has 1 aromatic heterocycles. The Labute approximate surface area is 250 Å². The number of aliphatic carboxylic acids is 1. The first-order valence-corrected chi connectivity index (χ1v) is 14.1. The number of carbonyl (C=O) groups excluding carboxylic acids is 1. The van der Waals surface area contributed by atoms with Crippen LogP contribution in [0.5, 0.6) is 0 Å². The number of anilines is 4. The summed E-state index contributed by atoms with van der Waals surface area (Å²) in [5.41, 5.74) is 8.15. The lowest BCUT2D eigenvalue weighted by atomic mass is 9.88. The molecule has 0 bridgehead atoms. The van der Waals surface area contributed by atoms with Crippen LogP contribution in [-0.4, -0.2) is 57.0 Å². The van der Waals surface area contributed by atoms with Crippen LogP contribution in [0.1, 0.15) is 28.8 Å². The van der Waals surface area contributed by atoms with Crippen molar-refractivity contribution in [3.05, 3.63) is 94.6 Å². The molecule has 3 heterocycles. The number of nitrogens with zero attached hydrogens (tertiary/aromatic N) is 4. The van der Waals surface area contributed by atoms with Gasteiger partial charge in [-0.3, -0.25) is 9.59 Å². The van der Waals surface area contributed by atoms with Crippen molar-refractivity contribution in [1.82, 2.24) is 14.9 Å². The second-order valence-corrected chi connectivity index (χ2v) is 11.1. The zero-order valence-electron chi connectivity index (χ0n) is 22.9. The number of halogens is 3. The highest BCUT2D eigenvalue weighted by Crippen LogP contribution is 2.42. The number of nitrogens with one attached hydrogen (secondary N) is 1. The molecule has 4 aromatic rings. The largest absolute Gasteiger partial charge is 0.480 e. The Morgan fingerprint density at radius 2 is 1.70 bits per heavy atom. The molecule has 0 saturated carbocycles. The number of rotatable bonds is 5. The van der Waals surface area contributed by atoms with Crippen molar-refractivity contribution in [2.24, 2.45) is 5.73 Å². The maximum Gasteiger partial charge on any atom is 0.323 e. The first kappa shape index (κ1) is 28.5. The summed E-state index contributed by atoms with van der Waals surface area (Å²) in [6, 6.07) is 15.7. The van der Waals surface area contributed by atoms with Gasteiger partial charge in [0.1, 0.15) is 22.9 Å². The van der Waals surface area contributed by atoms with E-state index in [0.717, 1.165) is 5.56 Å². The summed E-state index contributed by atoms with van der Waals surface area (Å²) in [6.07, 6.45) is 2.49. The molecule has 0 spiro atoms. The number of carboxylic acids is 1. The van der Waals surface area contributed by atoms with Crippen LogP contribution in [0.4, 0.5) is 31.8 Å². The molecule has 1 saturated heterocycles. The number of fused-ring (bicyclic) bond motifs is 3. The Bertz CT molecular complexity index is 1710. The topological polar surface area (TPSA) is 125 Å². The fourth-order valence-electron chi connectivity index (χ4n) is 5.47. The van der Waals surface area contributed by atoms with Crippen molar-refractivity contribution >= 4 is 46.5 Å².